The highest BCUT2D eigenvalue weighted by Gasteiger charge is 2.33. The second kappa shape index (κ2) is 4.61. The Balaban J connectivity index is 2.02. The maximum absolute atomic E-state index is 5.39. The van der Waals surface area contributed by atoms with Crippen molar-refractivity contribution in [2.24, 2.45) is 0 Å². The summed E-state index contributed by atoms with van der Waals surface area (Å²) in [6.45, 7) is 3.16. The molecule has 0 spiro atoms. The van der Waals surface area contributed by atoms with Crippen LogP contribution < -0.4 is 0 Å². The highest BCUT2D eigenvalue weighted by molar-refractivity contribution is 5.34. The molecule has 1 unspecified atom stereocenters. The van der Waals surface area contributed by atoms with E-state index >= 15 is 0 Å². The van der Waals surface area contributed by atoms with Crippen molar-refractivity contribution >= 4 is 0 Å². The minimum absolute atomic E-state index is 0.420. The van der Waals surface area contributed by atoms with Crippen molar-refractivity contribution < 1.29 is 4.74 Å². The molecule has 1 saturated heterocycles. The molecule has 0 bridgehead atoms. The molecule has 1 aromatic rings. The van der Waals surface area contributed by atoms with Gasteiger partial charge in [-0.05, 0) is 12.0 Å². The average Bonchev–Trinajstić information content (AvgIpc) is 3.04. The molecule has 0 aliphatic carbocycles. The summed E-state index contributed by atoms with van der Waals surface area (Å²) >= 11 is 0. The monoisotopic (exact) mass is 189 g/mol. The van der Waals surface area contributed by atoms with Gasteiger partial charge in [-0.1, -0.05) is 50.1 Å². The summed E-state index contributed by atoms with van der Waals surface area (Å²) < 4.78 is 5.39. The first-order valence-electron chi connectivity index (χ1n) is 5.44. The topological polar surface area (TPSA) is 12.5 Å². The first kappa shape index (κ1) is 9.72. The fraction of sp³-hybridized carbons (Fsp3) is 0.462. The van der Waals surface area contributed by atoms with Gasteiger partial charge in [0.25, 0.3) is 0 Å². The molecule has 1 heteroatoms. The van der Waals surface area contributed by atoms with E-state index in [0.717, 1.165) is 6.61 Å². The van der Waals surface area contributed by atoms with Gasteiger partial charge in [0, 0.05) is 5.92 Å². The maximum atomic E-state index is 5.39. The fourth-order valence-electron chi connectivity index (χ4n) is 1.76. The lowest BCUT2D eigenvalue weighted by Crippen LogP contribution is -2.07. The van der Waals surface area contributed by atoms with Gasteiger partial charge in [-0.2, -0.15) is 0 Å². The molecular weight excluding hydrogens is 172 g/mol. The quantitative estimate of drug-likeness (QED) is 0.648. The fourth-order valence-corrected chi connectivity index (χ4v) is 1.76. The van der Waals surface area contributed by atoms with Crippen LogP contribution >= 0.6 is 0 Å². The molecular formula is C13H17O. The average molecular weight is 189 g/mol. The second-order valence-electron chi connectivity index (χ2n) is 3.82. The van der Waals surface area contributed by atoms with Crippen LogP contribution in [-0.4, -0.2) is 12.7 Å². The predicted octanol–water partition coefficient (Wildman–Crippen LogP) is 3.20. The van der Waals surface area contributed by atoms with Crippen molar-refractivity contribution in [3.8, 4) is 0 Å². The van der Waals surface area contributed by atoms with E-state index in [-0.39, 0.29) is 0 Å². The molecule has 14 heavy (non-hydrogen) atoms. The van der Waals surface area contributed by atoms with Crippen LogP contribution in [-0.2, 0) is 4.74 Å². The van der Waals surface area contributed by atoms with Crippen molar-refractivity contribution in [3.63, 3.8) is 0 Å². The first-order valence-corrected chi connectivity index (χ1v) is 5.44. The number of hydrogen-bond acceptors (Lipinski definition) is 1. The predicted molar refractivity (Wildman–Crippen MR) is 58.1 cm³/mol. The smallest absolute Gasteiger partial charge is 0.0915 e. The van der Waals surface area contributed by atoms with E-state index in [1.165, 1.54) is 30.7 Å². The molecule has 0 N–H and O–H groups in total. The minimum atomic E-state index is 0.420. The summed E-state index contributed by atoms with van der Waals surface area (Å²) in [7, 11) is 0. The highest BCUT2D eigenvalue weighted by Crippen LogP contribution is 2.32. The Hall–Kier alpha value is -0.820. The molecule has 1 fully saturated rings. The molecule has 0 saturated carbocycles. The Bertz CT molecular complexity index is 264. The number of unbranched alkanes of at least 4 members (excludes halogenated alkanes) is 1. The van der Waals surface area contributed by atoms with E-state index < -0.39 is 0 Å². The molecule has 1 aliphatic rings. The lowest BCUT2D eigenvalue weighted by molar-refractivity contribution is 0.410. The van der Waals surface area contributed by atoms with E-state index in [2.05, 4.69) is 37.3 Å². The van der Waals surface area contributed by atoms with E-state index in [9.17, 15) is 0 Å². The molecule has 0 amide bonds. The maximum Gasteiger partial charge on any atom is 0.0915 e. The lowest BCUT2D eigenvalue weighted by Gasteiger charge is -2.13. The van der Waals surface area contributed by atoms with Crippen LogP contribution in [0.25, 0.3) is 0 Å². The summed E-state index contributed by atoms with van der Waals surface area (Å²) in [5.74, 6) is 1.49. The molecule has 75 valence electrons. The summed E-state index contributed by atoms with van der Waals surface area (Å²) in [5.41, 5.74) is 1.36. The standard InChI is InChI=1S/C13H17O/c1-2-3-9-12(13-10-14-13)11-7-5-4-6-8-11/h4-8,13H,2-3,9-10H2,1H3. The number of hydrogen-bond donors (Lipinski definition) is 0. The van der Waals surface area contributed by atoms with Gasteiger partial charge in [-0.3, -0.25) is 0 Å². The summed E-state index contributed by atoms with van der Waals surface area (Å²) in [6, 6.07) is 10.6. The Morgan fingerprint density at radius 2 is 2.07 bits per heavy atom. The van der Waals surface area contributed by atoms with Gasteiger partial charge in [0.15, 0.2) is 0 Å². The zero-order valence-corrected chi connectivity index (χ0v) is 8.70. The van der Waals surface area contributed by atoms with Crippen LogP contribution in [0.1, 0.15) is 31.7 Å². The minimum Gasteiger partial charge on any atom is -0.372 e. The third-order valence-corrected chi connectivity index (χ3v) is 2.67. The van der Waals surface area contributed by atoms with Crippen molar-refractivity contribution in [2.45, 2.75) is 32.3 Å². The Kier molecular flexibility index (Phi) is 3.20. The molecule has 1 aliphatic heterocycles. The van der Waals surface area contributed by atoms with Gasteiger partial charge in [0.05, 0.1) is 12.7 Å². The zero-order chi connectivity index (χ0) is 9.80. The van der Waals surface area contributed by atoms with Crippen molar-refractivity contribution in [1.29, 1.82) is 0 Å². The van der Waals surface area contributed by atoms with Gasteiger partial charge in [0.1, 0.15) is 0 Å². The normalized spacial score (nSPS) is 20.0. The molecule has 1 heterocycles. The number of benzene rings is 1. The van der Waals surface area contributed by atoms with Crippen molar-refractivity contribution in [1.82, 2.24) is 0 Å². The Morgan fingerprint density at radius 3 is 2.64 bits per heavy atom. The second-order valence-corrected chi connectivity index (χ2v) is 3.82. The molecule has 0 aromatic heterocycles. The van der Waals surface area contributed by atoms with E-state index in [4.69, 9.17) is 4.74 Å². The third kappa shape index (κ3) is 2.36. The largest absolute Gasteiger partial charge is 0.372 e. The molecule has 1 radical (unpaired) electrons. The molecule has 1 atom stereocenters. The number of rotatable bonds is 5. The van der Waals surface area contributed by atoms with Crippen LogP contribution in [0.4, 0.5) is 0 Å². The van der Waals surface area contributed by atoms with Crippen LogP contribution in [0.3, 0.4) is 0 Å². The zero-order valence-electron chi connectivity index (χ0n) is 8.70. The Labute approximate surface area is 86.1 Å². The number of epoxide rings is 1. The Morgan fingerprint density at radius 1 is 1.36 bits per heavy atom. The number of ether oxygens (including phenoxy) is 1. The van der Waals surface area contributed by atoms with Crippen LogP contribution in [0.2, 0.25) is 0 Å². The van der Waals surface area contributed by atoms with Crippen LogP contribution in [0.5, 0.6) is 0 Å². The molecule has 1 aromatic carbocycles. The first-order chi connectivity index (χ1) is 6.92. The summed E-state index contributed by atoms with van der Waals surface area (Å²) in [4.78, 5) is 0. The third-order valence-electron chi connectivity index (χ3n) is 2.67. The summed E-state index contributed by atoms with van der Waals surface area (Å²) in [5, 5.41) is 0. The van der Waals surface area contributed by atoms with Crippen molar-refractivity contribution in [3.05, 3.63) is 41.8 Å². The van der Waals surface area contributed by atoms with E-state index in [1.807, 2.05) is 0 Å². The highest BCUT2D eigenvalue weighted by atomic mass is 16.6. The van der Waals surface area contributed by atoms with Gasteiger partial charge in [0.2, 0.25) is 0 Å². The van der Waals surface area contributed by atoms with Gasteiger partial charge >= 0.3 is 0 Å². The molecule has 1 nitrogen and oxygen atoms in total. The van der Waals surface area contributed by atoms with Gasteiger partial charge in [-0.15, -0.1) is 0 Å². The van der Waals surface area contributed by atoms with E-state index in [0.29, 0.717) is 6.10 Å². The van der Waals surface area contributed by atoms with Crippen molar-refractivity contribution in [2.75, 3.05) is 6.61 Å². The van der Waals surface area contributed by atoms with Crippen LogP contribution in [0, 0.1) is 5.92 Å². The lowest BCUT2D eigenvalue weighted by atomic mass is 9.91. The molecule has 2 rings (SSSR count). The van der Waals surface area contributed by atoms with Gasteiger partial charge < -0.3 is 4.74 Å². The SMILES string of the molecule is CCCC[C](c1ccccc1)C1CO1. The summed E-state index contributed by atoms with van der Waals surface area (Å²) in [6.07, 6.45) is 4.13. The van der Waals surface area contributed by atoms with Crippen LogP contribution in [0.15, 0.2) is 30.3 Å². The van der Waals surface area contributed by atoms with E-state index in [1.54, 1.807) is 0 Å². The van der Waals surface area contributed by atoms with Gasteiger partial charge in [-0.25, -0.2) is 0 Å².